The summed E-state index contributed by atoms with van der Waals surface area (Å²) in [5.41, 5.74) is 0. The van der Waals surface area contributed by atoms with E-state index in [0.29, 0.717) is 12.5 Å². The fraction of sp³-hybridized carbons (Fsp3) is 0.933. The maximum Gasteiger partial charge on any atom is 0.248 e. The van der Waals surface area contributed by atoms with Gasteiger partial charge in [-0.1, -0.05) is 19.8 Å². The Labute approximate surface area is 117 Å². The molecule has 0 aromatic heterocycles. The Morgan fingerprint density at radius 1 is 1.32 bits per heavy atom. The van der Waals surface area contributed by atoms with Crippen LogP contribution in [0, 0.1) is 5.92 Å². The zero-order valence-electron chi connectivity index (χ0n) is 12.8. The van der Waals surface area contributed by atoms with Crippen molar-refractivity contribution in [3.8, 4) is 0 Å². The van der Waals surface area contributed by atoms with E-state index in [1.807, 2.05) is 13.8 Å². The van der Waals surface area contributed by atoms with Crippen molar-refractivity contribution in [1.82, 2.24) is 4.90 Å². The first kappa shape index (κ1) is 16.4. The van der Waals surface area contributed by atoms with Crippen LogP contribution in [0.3, 0.4) is 0 Å². The molecule has 1 aliphatic rings. The molecule has 1 amide bonds. The quantitative estimate of drug-likeness (QED) is 0.805. The van der Waals surface area contributed by atoms with Crippen LogP contribution in [0.4, 0.5) is 0 Å². The third-order valence-electron chi connectivity index (χ3n) is 3.86. The minimum atomic E-state index is -0.500. The van der Waals surface area contributed by atoms with E-state index in [9.17, 15) is 9.90 Å². The Hall–Kier alpha value is -0.610. The smallest absolute Gasteiger partial charge is 0.248 e. The molecule has 0 bridgehead atoms. The van der Waals surface area contributed by atoms with E-state index in [2.05, 4.69) is 6.92 Å². The molecule has 0 aromatic rings. The van der Waals surface area contributed by atoms with Crippen molar-refractivity contribution in [2.75, 3.05) is 13.2 Å². The standard InChI is InChI=1S/C15H29NO3/c1-11(2)16(9-13(4)17)15(18)10-19-14-8-6-5-7-12(14)3/h11-14,17H,5-10H2,1-4H3. The maximum absolute atomic E-state index is 12.2. The molecule has 0 radical (unpaired) electrons. The molecule has 0 aromatic carbocycles. The SMILES string of the molecule is CC(O)CN(C(=O)COC1CCCCC1C)C(C)C. The molecule has 0 heterocycles. The molecule has 4 heteroatoms. The summed E-state index contributed by atoms with van der Waals surface area (Å²) < 4.78 is 5.80. The number of nitrogens with zero attached hydrogens (tertiary/aromatic N) is 1. The van der Waals surface area contributed by atoms with Gasteiger partial charge in [-0.15, -0.1) is 0 Å². The Morgan fingerprint density at radius 2 is 1.95 bits per heavy atom. The van der Waals surface area contributed by atoms with Crippen molar-refractivity contribution in [3.63, 3.8) is 0 Å². The topological polar surface area (TPSA) is 49.8 Å². The minimum absolute atomic E-state index is 0.0197. The van der Waals surface area contributed by atoms with Crippen LogP contribution in [-0.2, 0) is 9.53 Å². The van der Waals surface area contributed by atoms with Crippen LogP contribution in [0.5, 0.6) is 0 Å². The van der Waals surface area contributed by atoms with Crippen LogP contribution in [0.1, 0.15) is 53.4 Å². The summed E-state index contributed by atoms with van der Waals surface area (Å²) in [4.78, 5) is 13.9. The lowest BCUT2D eigenvalue weighted by Gasteiger charge is -2.31. The highest BCUT2D eigenvalue weighted by Crippen LogP contribution is 2.26. The summed E-state index contributed by atoms with van der Waals surface area (Å²) >= 11 is 0. The van der Waals surface area contributed by atoms with Crippen molar-refractivity contribution in [1.29, 1.82) is 0 Å². The van der Waals surface area contributed by atoms with Gasteiger partial charge in [-0.3, -0.25) is 4.79 Å². The Morgan fingerprint density at radius 3 is 2.47 bits per heavy atom. The highest BCUT2D eigenvalue weighted by atomic mass is 16.5. The number of hydrogen-bond donors (Lipinski definition) is 1. The lowest BCUT2D eigenvalue weighted by Crippen LogP contribution is -2.44. The van der Waals surface area contributed by atoms with Crippen molar-refractivity contribution in [3.05, 3.63) is 0 Å². The average molecular weight is 271 g/mol. The molecular formula is C15H29NO3. The molecule has 112 valence electrons. The summed E-state index contributed by atoms with van der Waals surface area (Å²) in [5.74, 6) is 0.527. The summed E-state index contributed by atoms with van der Waals surface area (Å²) in [6.45, 7) is 8.34. The number of carbonyl (C=O) groups is 1. The fourth-order valence-electron chi connectivity index (χ4n) is 2.68. The van der Waals surface area contributed by atoms with Crippen molar-refractivity contribution >= 4 is 5.91 Å². The number of aliphatic hydroxyl groups is 1. The second-order valence-electron chi connectivity index (χ2n) is 6.10. The van der Waals surface area contributed by atoms with Gasteiger partial charge in [0.05, 0.1) is 12.2 Å². The van der Waals surface area contributed by atoms with Gasteiger partial charge in [0.25, 0.3) is 0 Å². The van der Waals surface area contributed by atoms with Crippen LogP contribution >= 0.6 is 0 Å². The van der Waals surface area contributed by atoms with E-state index in [-0.39, 0.29) is 24.7 Å². The van der Waals surface area contributed by atoms with Gasteiger partial charge in [0.2, 0.25) is 5.91 Å². The molecule has 19 heavy (non-hydrogen) atoms. The molecule has 1 fully saturated rings. The van der Waals surface area contributed by atoms with E-state index in [4.69, 9.17) is 4.74 Å². The van der Waals surface area contributed by atoms with Crippen LogP contribution in [0.2, 0.25) is 0 Å². The number of hydrogen-bond acceptors (Lipinski definition) is 3. The molecule has 1 aliphatic carbocycles. The van der Waals surface area contributed by atoms with Crippen molar-refractivity contribution in [2.45, 2.75) is 71.6 Å². The highest BCUT2D eigenvalue weighted by molar-refractivity contribution is 5.77. The van der Waals surface area contributed by atoms with Gasteiger partial charge in [-0.25, -0.2) is 0 Å². The number of amides is 1. The Bertz CT molecular complexity index is 279. The van der Waals surface area contributed by atoms with Crippen LogP contribution in [0.25, 0.3) is 0 Å². The van der Waals surface area contributed by atoms with E-state index in [0.717, 1.165) is 6.42 Å². The molecule has 3 atom stereocenters. The van der Waals surface area contributed by atoms with Crippen molar-refractivity contribution in [2.24, 2.45) is 5.92 Å². The number of rotatable bonds is 6. The summed E-state index contributed by atoms with van der Waals surface area (Å²) in [7, 11) is 0. The summed E-state index contributed by atoms with van der Waals surface area (Å²) in [6.07, 6.45) is 4.45. The van der Waals surface area contributed by atoms with Crippen LogP contribution in [-0.4, -0.2) is 47.3 Å². The molecule has 0 saturated heterocycles. The van der Waals surface area contributed by atoms with Gasteiger partial charge >= 0.3 is 0 Å². The molecule has 1 saturated carbocycles. The molecule has 3 unspecified atom stereocenters. The summed E-state index contributed by atoms with van der Waals surface area (Å²) in [5, 5.41) is 9.44. The molecule has 4 nitrogen and oxygen atoms in total. The van der Waals surface area contributed by atoms with Crippen LogP contribution in [0.15, 0.2) is 0 Å². The normalized spacial score (nSPS) is 25.4. The van der Waals surface area contributed by atoms with Gasteiger partial charge in [-0.05, 0) is 39.5 Å². The number of aliphatic hydroxyl groups excluding tert-OH is 1. The molecule has 1 N–H and O–H groups in total. The van der Waals surface area contributed by atoms with Gasteiger partial charge < -0.3 is 14.7 Å². The lowest BCUT2D eigenvalue weighted by molar-refractivity contribution is -0.143. The Balaban J connectivity index is 2.43. The van der Waals surface area contributed by atoms with E-state index < -0.39 is 6.10 Å². The molecule has 0 aliphatic heterocycles. The van der Waals surface area contributed by atoms with E-state index in [1.165, 1.54) is 19.3 Å². The minimum Gasteiger partial charge on any atom is -0.392 e. The largest absolute Gasteiger partial charge is 0.392 e. The lowest BCUT2D eigenvalue weighted by atomic mass is 9.88. The first-order chi connectivity index (χ1) is 8.91. The van der Waals surface area contributed by atoms with E-state index in [1.54, 1.807) is 11.8 Å². The second kappa shape index (κ2) is 7.85. The third kappa shape index (κ3) is 5.49. The first-order valence-electron chi connectivity index (χ1n) is 7.51. The third-order valence-corrected chi connectivity index (χ3v) is 3.86. The monoisotopic (exact) mass is 271 g/mol. The van der Waals surface area contributed by atoms with Crippen molar-refractivity contribution < 1.29 is 14.6 Å². The predicted octanol–water partition coefficient (Wildman–Crippen LogP) is 2.20. The predicted molar refractivity (Wildman–Crippen MR) is 75.9 cm³/mol. The second-order valence-corrected chi connectivity index (χ2v) is 6.10. The van der Waals surface area contributed by atoms with Gasteiger partial charge in [0, 0.05) is 12.6 Å². The maximum atomic E-state index is 12.2. The highest BCUT2D eigenvalue weighted by Gasteiger charge is 2.25. The molecular weight excluding hydrogens is 242 g/mol. The van der Waals surface area contributed by atoms with Gasteiger partial charge in [-0.2, -0.15) is 0 Å². The molecule has 1 rings (SSSR count). The Kier molecular flexibility index (Phi) is 6.80. The fourth-order valence-corrected chi connectivity index (χ4v) is 2.68. The zero-order valence-corrected chi connectivity index (χ0v) is 12.8. The number of ether oxygens (including phenoxy) is 1. The van der Waals surface area contributed by atoms with Gasteiger partial charge in [0.1, 0.15) is 6.61 Å². The first-order valence-corrected chi connectivity index (χ1v) is 7.51. The number of carbonyl (C=O) groups excluding carboxylic acids is 1. The van der Waals surface area contributed by atoms with Crippen LogP contribution < -0.4 is 0 Å². The average Bonchev–Trinajstić information content (AvgIpc) is 2.34. The zero-order chi connectivity index (χ0) is 14.4. The summed E-state index contributed by atoms with van der Waals surface area (Å²) in [6, 6.07) is 0.0921. The van der Waals surface area contributed by atoms with E-state index >= 15 is 0 Å². The molecule has 0 spiro atoms. The van der Waals surface area contributed by atoms with Gasteiger partial charge in [0.15, 0.2) is 0 Å².